The zero-order valence-electron chi connectivity index (χ0n) is 15.7. The molecule has 1 atom stereocenters. The molecule has 0 spiro atoms. The minimum atomic E-state index is -4.59. The summed E-state index contributed by atoms with van der Waals surface area (Å²) in [5, 5.41) is 2.74. The largest absolute Gasteiger partial charge is 0.497 e. The third kappa shape index (κ3) is 4.99. The summed E-state index contributed by atoms with van der Waals surface area (Å²) >= 11 is 0. The summed E-state index contributed by atoms with van der Waals surface area (Å²) in [6.45, 7) is 0.852. The van der Waals surface area contributed by atoms with E-state index in [4.69, 9.17) is 19.9 Å². The average Bonchev–Trinajstić information content (AvgIpc) is 3.14. The van der Waals surface area contributed by atoms with Crippen molar-refractivity contribution in [3.63, 3.8) is 0 Å². The quantitative estimate of drug-likeness (QED) is 0.764. The zero-order chi connectivity index (χ0) is 21.1. The summed E-state index contributed by atoms with van der Waals surface area (Å²) in [6, 6.07) is 9.85. The first-order valence-corrected chi connectivity index (χ1v) is 8.88. The minimum absolute atomic E-state index is 0.0844. The van der Waals surface area contributed by atoms with Crippen molar-refractivity contribution in [1.82, 2.24) is 5.32 Å². The van der Waals surface area contributed by atoms with Crippen molar-refractivity contribution in [2.45, 2.75) is 24.7 Å². The highest BCUT2D eigenvalue weighted by atomic mass is 19.4. The van der Waals surface area contributed by atoms with Crippen LogP contribution in [0.3, 0.4) is 0 Å². The number of carbonyl (C=O) groups excluding carboxylic acids is 1. The van der Waals surface area contributed by atoms with Crippen molar-refractivity contribution in [1.29, 1.82) is 0 Å². The molecule has 1 aliphatic rings. The van der Waals surface area contributed by atoms with Crippen molar-refractivity contribution in [2.24, 2.45) is 5.73 Å². The molecule has 1 aliphatic heterocycles. The van der Waals surface area contributed by atoms with Gasteiger partial charge in [-0.2, -0.15) is 13.2 Å². The summed E-state index contributed by atoms with van der Waals surface area (Å²) < 4.78 is 55.2. The van der Waals surface area contributed by atoms with E-state index in [9.17, 15) is 18.0 Å². The van der Waals surface area contributed by atoms with Gasteiger partial charge in [-0.15, -0.1) is 0 Å². The van der Waals surface area contributed by atoms with Gasteiger partial charge in [0, 0.05) is 13.2 Å². The Kier molecular flexibility index (Phi) is 5.99. The third-order valence-electron chi connectivity index (χ3n) is 4.60. The van der Waals surface area contributed by atoms with Crippen LogP contribution >= 0.6 is 0 Å². The maximum absolute atomic E-state index is 13.3. The maximum atomic E-state index is 13.3. The van der Waals surface area contributed by atoms with Gasteiger partial charge < -0.3 is 25.3 Å². The molecule has 0 bridgehead atoms. The van der Waals surface area contributed by atoms with E-state index in [-0.39, 0.29) is 36.3 Å². The van der Waals surface area contributed by atoms with Crippen molar-refractivity contribution < 1.29 is 32.2 Å². The fourth-order valence-corrected chi connectivity index (χ4v) is 2.87. The molecule has 6 nitrogen and oxygen atoms in total. The third-order valence-corrected chi connectivity index (χ3v) is 4.60. The first-order chi connectivity index (χ1) is 13.7. The van der Waals surface area contributed by atoms with Gasteiger partial charge in [0.25, 0.3) is 0 Å². The van der Waals surface area contributed by atoms with E-state index < -0.39 is 17.3 Å². The van der Waals surface area contributed by atoms with Gasteiger partial charge >= 0.3 is 6.18 Å². The molecule has 156 valence electrons. The van der Waals surface area contributed by atoms with Crippen molar-refractivity contribution in [2.75, 3.05) is 20.3 Å². The molecular formula is C20H21F3N2O4. The SMILES string of the molecule is COc1ccc(Oc2ccc(CNC(=O)C3(N)CCOC3)cc2)c(C(F)(F)F)c1. The lowest BCUT2D eigenvalue weighted by molar-refractivity contribution is -0.138. The van der Waals surface area contributed by atoms with Crippen LogP contribution in [0.2, 0.25) is 0 Å². The molecule has 0 aliphatic carbocycles. The molecular weight excluding hydrogens is 389 g/mol. The fraction of sp³-hybridized carbons (Fsp3) is 0.350. The molecule has 1 amide bonds. The number of rotatable bonds is 6. The Balaban J connectivity index is 1.66. The van der Waals surface area contributed by atoms with Gasteiger partial charge in [0.05, 0.1) is 13.7 Å². The second-order valence-corrected chi connectivity index (χ2v) is 6.75. The Hall–Kier alpha value is -2.78. The predicted octanol–water partition coefficient (Wildman–Crippen LogP) is 3.24. The Morgan fingerprint density at radius 2 is 1.90 bits per heavy atom. The zero-order valence-corrected chi connectivity index (χ0v) is 15.7. The monoisotopic (exact) mass is 410 g/mol. The van der Waals surface area contributed by atoms with Crippen LogP contribution in [-0.4, -0.2) is 31.8 Å². The lowest BCUT2D eigenvalue weighted by Crippen LogP contribution is -2.54. The van der Waals surface area contributed by atoms with E-state index >= 15 is 0 Å². The molecule has 3 rings (SSSR count). The number of nitrogens with one attached hydrogen (secondary N) is 1. The number of hydrogen-bond donors (Lipinski definition) is 2. The van der Waals surface area contributed by atoms with Crippen LogP contribution in [-0.2, 0) is 22.3 Å². The topological polar surface area (TPSA) is 82.8 Å². The van der Waals surface area contributed by atoms with Crippen LogP contribution in [0.5, 0.6) is 17.2 Å². The van der Waals surface area contributed by atoms with E-state index in [0.717, 1.165) is 11.6 Å². The predicted molar refractivity (Wildman–Crippen MR) is 98.7 cm³/mol. The summed E-state index contributed by atoms with van der Waals surface area (Å²) in [4.78, 5) is 12.2. The van der Waals surface area contributed by atoms with Gasteiger partial charge in [-0.25, -0.2) is 0 Å². The molecule has 2 aromatic rings. The minimum Gasteiger partial charge on any atom is -0.497 e. The molecule has 1 unspecified atom stereocenters. The Morgan fingerprint density at radius 3 is 2.48 bits per heavy atom. The molecule has 9 heteroatoms. The van der Waals surface area contributed by atoms with E-state index in [0.29, 0.717) is 13.0 Å². The second kappa shape index (κ2) is 8.30. The number of alkyl halides is 3. The molecule has 0 saturated carbocycles. The highest BCUT2D eigenvalue weighted by Crippen LogP contribution is 2.40. The lowest BCUT2D eigenvalue weighted by Gasteiger charge is -2.20. The van der Waals surface area contributed by atoms with E-state index in [1.165, 1.54) is 31.4 Å². The Labute approximate surface area is 165 Å². The van der Waals surface area contributed by atoms with E-state index in [1.54, 1.807) is 12.1 Å². The molecule has 1 saturated heterocycles. The summed E-state index contributed by atoms with van der Waals surface area (Å²) in [7, 11) is 1.29. The van der Waals surface area contributed by atoms with Crippen LogP contribution in [0.4, 0.5) is 13.2 Å². The smallest absolute Gasteiger partial charge is 0.420 e. The summed E-state index contributed by atoms with van der Waals surface area (Å²) in [5.74, 6) is -0.314. The Morgan fingerprint density at radius 1 is 1.21 bits per heavy atom. The van der Waals surface area contributed by atoms with Gasteiger partial charge in [-0.1, -0.05) is 12.1 Å². The number of methoxy groups -OCH3 is 1. The second-order valence-electron chi connectivity index (χ2n) is 6.75. The van der Waals surface area contributed by atoms with Gasteiger partial charge in [0.1, 0.15) is 28.4 Å². The molecule has 0 aromatic heterocycles. The lowest BCUT2D eigenvalue weighted by atomic mass is 9.99. The summed E-state index contributed by atoms with van der Waals surface area (Å²) in [6.07, 6.45) is -4.13. The van der Waals surface area contributed by atoms with Crippen molar-refractivity contribution >= 4 is 5.91 Å². The fourth-order valence-electron chi connectivity index (χ4n) is 2.87. The number of amides is 1. The highest BCUT2D eigenvalue weighted by molar-refractivity contribution is 5.86. The van der Waals surface area contributed by atoms with Crippen LogP contribution in [0.1, 0.15) is 17.5 Å². The molecule has 0 radical (unpaired) electrons. The molecule has 1 fully saturated rings. The van der Waals surface area contributed by atoms with Crippen molar-refractivity contribution in [3.8, 4) is 17.2 Å². The number of halogens is 3. The van der Waals surface area contributed by atoms with Crippen LogP contribution in [0.25, 0.3) is 0 Å². The van der Waals surface area contributed by atoms with Gasteiger partial charge in [-0.05, 0) is 42.3 Å². The van der Waals surface area contributed by atoms with Crippen LogP contribution in [0, 0.1) is 0 Å². The van der Waals surface area contributed by atoms with Gasteiger partial charge in [-0.3, -0.25) is 4.79 Å². The maximum Gasteiger partial charge on any atom is 0.420 e. The molecule has 2 aromatic carbocycles. The molecule has 29 heavy (non-hydrogen) atoms. The van der Waals surface area contributed by atoms with Gasteiger partial charge in [0.15, 0.2) is 0 Å². The average molecular weight is 410 g/mol. The number of ether oxygens (including phenoxy) is 3. The van der Waals surface area contributed by atoms with Gasteiger partial charge in [0.2, 0.25) is 5.91 Å². The molecule has 3 N–H and O–H groups in total. The van der Waals surface area contributed by atoms with Crippen LogP contribution in [0.15, 0.2) is 42.5 Å². The highest BCUT2D eigenvalue weighted by Gasteiger charge is 2.38. The number of benzene rings is 2. The van der Waals surface area contributed by atoms with Crippen molar-refractivity contribution in [3.05, 3.63) is 53.6 Å². The standard InChI is InChI=1S/C20H21F3N2O4/c1-27-15-6-7-17(16(10-15)20(21,22)23)29-14-4-2-13(3-5-14)11-25-18(26)19(24)8-9-28-12-19/h2-7,10H,8-9,11-12,24H2,1H3,(H,25,26). The van der Waals surface area contributed by atoms with Crippen LogP contribution < -0.4 is 20.5 Å². The first kappa shape index (κ1) is 20.9. The normalized spacial score (nSPS) is 19.1. The summed E-state index contributed by atoms with van der Waals surface area (Å²) in [5.41, 5.74) is 4.79. The molecule has 1 heterocycles. The van der Waals surface area contributed by atoms with E-state index in [2.05, 4.69) is 5.32 Å². The number of hydrogen-bond acceptors (Lipinski definition) is 5. The number of nitrogens with two attached hydrogens (primary N) is 1. The Bertz CT molecular complexity index is 863. The number of carbonyl (C=O) groups is 1. The first-order valence-electron chi connectivity index (χ1n) is 8.88. The van der Waals surface area contributed by atoms with E-state index in [1.807, 2.05) is 0 Å².